The number of hydrogen-bond acceptors (Lipinski definition) is 4. The van der Waals surface area contributed by atoms with Crippen molar-refractivity contribution < 1.29 is 72.4 Å². The molecule has 0 spiro atoms. The zero-order valence-corrected chi connectivity index (χ0v) is 11.7. The molecule has 0 aliphatic carbocycles. The van der Waals surface area contributed by atoms with E-state index in [1.54, 1.807) is 0 Å². The second-order valence-corrected chi connectivity index (χ2v) is 4.41. The summed E-state index contributed by atoms with van der Waals surface area (Å²) in [6, 6.07) is 0. The molecule has 4 nitrogen and oxygen atoms in total. The molecule has 0 fully saturated rings. The maximum absolute atomic E-state index is 9.74. The summed E-state index contributed by atoms with van der Waals surface area (Å²) in [5, 5.41) is 0. The minimum Gasteiger partial charge on any atom is -0.746 e. The van der Waals surface area contributed by atoms with Crippen molar-refractivity contribution >= 4 is 19.4 Å². The van der Waals surface area contributed by atoms with Crippen LogP contribution in [-0.2, 0) is 19.4 Å². The summed E-state index contributed by atoms with van der Waals surface area (Å²) in [5.74, 6) is 0.172. The number of hydrogen-bond donors (Lipinski definition) is 1. The largest absolute Gasteiger partial charge is 1.00 e. The van der Waals surface area contributed by atoms with Crippen LogP contribution in [0.25, 0.3) is 0 Å². The molecule has 10 heavy (non-hydrogen) atoms. The smallest absolute Gasteiger partial charge is 0.746 e. The molecule has 0 amide bonds. The van der Waals surface area contributed by atoms with Crippen LogP contribution in [0.5, 0.6) is 0 Å². The van der Waals surface area contributed by atoms with Crippen LogP contribution in [0.1, 0.15) is 0 Å². The first-order valence-electron chi connectivity index (χ1n) is 1.86. The molecule has 0 rings (SSSR count). The van der Waals surface area contributed by atoms with E-state index >= 15 is 0 Å². The normalized spacial score (nSPS) is 9.10. The monoisotopic (exact) mass is 202 g/mol. The first kappa shape index (κ1) is 18.1. The Bertz CT molecular complexity index is 158. The fourth-order valence-corrected chi connectivity index (χ4v) is 1.35. The van der Waals surface area contributed by atoms with E-state index in [0.29, 0.717) is 10.3 Å². The Hall–Kier alpha value is 2.25. The topological polar surface area (TPSA) is 89.2 Å². The zero-order chi connectivity index (χ0) is 6.62. The molecule has 0 aromatic rings. The van der Waals surface area contributed by atoms with Crippen molar-refractivity contribution in [3.63, 3.8) is 0 Å². The van der Waals surface area contributed by atoms with Gasteiger partial charge in [0.1, 0.15) is 0 Å². The van der Waals surface area contributed by atoms with Gasteiger partial charge >= 0.3 is 59.1 Å². The van der Waals surface area contributed by atoms with Gasteiger partial charge in [0, 0.05) is 6.54 Å². The van der Waals surface area contributed by atoms with E-state index in [0.717, 1.165) is 0 Å². The maximum atomic E-state index is 9.74. The van der Waals surface area contributed by atoms with Crippen LogP contribution >= 0.6 is 0 Å². The first-order chi connectivity index (χ1) is 3.56. The summed E-state index contributed by atoms with van der Waals surface area (Å²) >= 11 is 0. The molecule has 0 saturated carbocycles. The van der Waals surface area contributed by atoms with E-state index in [9.17, 15) is 13.3 Å². The molecular formula is C2H6NNa2O3S2+. The van der Waals surface area contributed by atoms with E-state index in [1.165, 1.54) is 0 Å². The molecular weight excluding hydrogens is 196 g/mol. The van der Waals surface area contributed by atoms with Gasteiger partial charge in [-0.1, -0.05) is 0 Å². The van der Waals surface area contributed by atoms with Gasteiger partial charge in [0.15, 0.2) is 5.75 Å². The Kier molecular flexibility index (Phi) is 16.9. The van der Waals surface area contributed by atoms with Crippen molar-refractivity contribution in [2.24, 2.45) is 5.73 Å². The second kappa shape index (κ2) is 9.34. The summed E-state index contributed by atoms with van der Waals surface area (Å²) in [4.78, 5) is 0. The third kappa shape index (κ3) is 16.7. The Morgan fingerprint density at radius 2 is 1.80 bits per heavy atom. The number of rotatable bonds is 2. The molecule has 0 aromatic carbocycles. The van der Waals surface area contributed by atoms with Crippen molar-refractivity contribution in [2.75, 3.05) is 12.3 Å². The van der Waals surface area contributed by atoms with Gasteiger partial charge in [0.05, 0.1) is 9.05 Å². The third-order valence-electron chi connectivity index (χ3n) is 0.346. The van der Waals surface area contributed by atoms with Gasteiger partial charge < -0.3 is 14.8 Å². The summed E-state index contributed by atoms with van der Waals surface area (Å²) in [6.07, 6.45) is 0. The minimum absolute atomic E-state index is 0. The standard InChI is InChI=1S/C2H7NO3S2.2Na/c3-1-2-7-8(4,5)6;;/h1-3H2,(H-,4,5,6);;/q;2*+1/p-1. The SMILES string of the molecule is NCC[S+]=S(=O)([O-])[O-].[Na+].[Na+]. The van der Waals surface area contributed by atoms with Crippen LogP contribution in [0.3, 0.4) is 0 Å². The van der Waals surface area contributed by atoms with Gasteiger partial charge in [-0.3, -0.25) is 0 Å². The van der Waals surface area contributed by atoms with E-state index in [1.807, 2.05) is 0 Å². The summed E-state index contributed by atoms with van der Waals surface area (Å²) in [6.45, 7) is 0.214. The van der Waals surface area contributed by atoms with Gasteiger partial charge in [-0.2, -0.15) is 0 Å². The van der Waals surface area contributed by atoms with E-state index in [2.05, 4.69) is 0 Å². The average Bonchev–Trinajstić information content (AvgIpc) is 1.59. The second-order valence-electron chi connectivity index (χ2n) is 1.02. The fraction of sp³-hybridized carbons (Fsp3) is 1.00. The van der Waals surface area contributed by atoms with Gasteiger partial charge in [0.25, 0.3) is 0 Å². The van der Waals surface area contributed by atoms with E-state index in [-0.39, 0.29) is 71.4 Å². The molecule has 0 saturated heterocycles. The van der Waals surface area contributed by atoms with Crippen molar-refractivity contribution in [3.05, 3.63) is 0 Å². The van der Waals surface area contributed by atoms with Crippen LogP contribution in [0.15, 0.2) is 0 Å². The Morgan fingerprint density at radius 3 is 1.90 bits per heavy atom. The zero-order valence-electron chi connectivity index (χ0n) is 6.03. The molecule has 2 N–H and O–H groups in total. The molecule has 8 heteroatoms. The fourth-order valence-electron chi connectivity index (χ4n) is 0.150. The maximum Gasteiger partial charge on any atom is 1.00 e. The first-order valence-corrected chi connectivity index (χ1v) is 4.77. The molecule has 0 aliphatic rings. The Morgan fingerprint density at radius 1 is 1.40 bits per heavy atom. The van der Waals surface area contributed by atoms with Crippen LogP contribution < -0.4 is 64.8 Å². The summed E-state index contributed by atoms with van der Waals surface area (Å²) in [5.41, 5.74) is 4.91. The molecule has 0 atom stereocenters. The van der Waals surface area contributed by atoms with E-state index < -0.39 is 9.05 Å². The average molecular weight is 202 g/mol. The Labute approximate surface area is 108 Å². The molecule has 0 aliphatic heterocycles. The van der Waals surface area contributed by atoms with E-state index in [4.69, 9.17) is 5.73 Å². The quantitative estimate of drug-likeness (QED) is 0.356. The van der Waals surface area contributed by atoms with Gasteiger partial charge in [-0.15, -0.1) is 0 Å². The molecule has 0 aromatic heterocycles. The Balaban J connectivity index is -0.000000245. The number of nitrogens with two attached hydrogens (primary N) is 1. The molecule has 0 unspecified atom stereocenters. The van der Waals surface area contributed by atoms with Crippen molar-refractivity contribution in [3.8, 4) is 0 Å². The predicted molar refractivity (Wildman–Crippen MR) is 31.0 cm³/mol. The molecule has 50 valence electrons. The van der Waals surface area contributed by atoms with Crippen LogP contribution in [-0.4, -0.2) is 25.6 Å². The van der Waals surface area contributed by atoms with Crippen LogP contribution in [0.4, 0.5) is 0 Å². The summed E-state index contributed by atoms with van der Waals surface area (Å²) < 4.78 is 29.2. The van der Waals surface area contributed by atoms with Gasteiger partial charge in [-0.05, 0) is 0 Å². The minimum atomic E-state index is -4.10. The van der Waals surface area contributed by atoms with Gasteiger partial charge in [0.2, 0.25) is 10.3 Å². The van der Waals surface area contributed by atoms with Crippen molar-refractivity contribution in [1.29, 1.82) is 0 Å². The van der Waals surface area contributed by atoms with Crippen LogP contribution in [0, 0.1) is 0 Å². The van der Waals surface area contributed by atoms with Crippen molar-refractivity contribution in [2.45, 2.75) is 0 Å². The van der Waals surface area contributed by atoms with Crippen molar-refractivity contribution in [1.82, 2.24) is 0 Å². The van der Waals surface area contributed by atoms with Crippen LogP contribution in [0.2, 0.25) is 0 Å². The molecule has 0 heterocycles. The molecule has 0 radical (unpaired) electrons. The molecule has 0 bridgehead atoms. The van der Waals surface area contributed by atoms with Gasteiger partial charge in [-0.25, -0.2) is 4.21 Å². The third-order valence-corrected chi connectivity index (χ3v) is 2.40. The predicted octanol–water partition coefficient (Wildman–Crippen LogP) is -7.50. The summed E-state index contributed by atoms with van der Waals surface area (Å²) in [7, 11) is -3.77.